The third-order valence-corrected chi connectivity index (χ3v) is 3.44. The number of piperidine rings is 1. The zero-order chi connectivity index (χ0) is 14.4. The zero-order valence-electron chi connectivity index (χ0n) is 11.4. The van der Waals surface area contributed by atoms with Crippen LogP contribution in [0, 0.1) is 0 Å². The molecule has 0 aliphatic carbocycles. The van der Waals surface area contributed by atoms with E-state index in [-0.39, 0.29) is 11.9 Å². The summed E-state index contributed by atoms with van der Waals surface area (Å²) in [5.74, 6) is 0.0777. The van der Waals surface area contributed by atoms with E-state index in [1.165, 1.54) is 6.42 Å². The number of amidine groups is 1. The van der Waals surface area contributed by atoms with E-state index in [4.69, 9.17) is 10.9 Å². The molecule has 0 bridgehead atoms. The van der Waals surface area contributed by atoms with Crippen molar-refractivity contribution in [2.45, 2.75) is 25.8 Å². The summed E-state index contributed by atoms with van der Waals surface area (Å²) >= 11 is 0. The minimum absolute atomic E-state index is 0.00906. The Bertz CT molecular complexity index is 478. The molecule has 2 rings (SSSR count). The van der Waals surface area contributed by atoms with E-state index in [0.717, 1.165) is 31.5 Å². The molecule has 6 nitrogen and oxygen atoms in total. The minimum atomic E-state index is -0.00906. The van der Waals surface area contributed by atoms with E-state index >= 15 is 0 Å². The van der Waals surface area contributed by atoms with Crippen LogP contribution >= 0.6 is 0 Å². The van der Waals surface area contributed by atoms with E-state index in [1.807, 2.05) is 17.0 Å². The second kappa shape index (κ2) is 6.79. The summed E-state index contributed by atoms with van der Waals surface area (Å²) in [5, 5.41) is 14.4. The van der Waals surface area contributed by atoms with E-state index in [0.29, 0.717) is 12.1 Å². The fourth-order valence-electron chi connectivity index (χ4n) is 2.24. The summed E-state index contributed by atoms with van der Waals surface area (Å²) in [6.07, 6.45) is 3.38. The largest absolute Gasteiger partial charge is 0.409 e. The molecule has 1 aromatic carbocycles. The van der Waals surface area contributed by atoms with Crippen molar-refractivity contribution in [3.63, 3.8) is 0 Å². The number of nitrogens with two attached hydrogens (primary N) is 1. The molecule has 6 heteroatoms. The van der Waals surface area contributed by atoms with E-state index in [2.05, 4.69) is 10.5 Å². The summed E-state index contributed by atoms with van der Waals surface area (Å²) in [4.78, 5) is 13.8. The maximum absolute atomic E-state index is 11.9. The quantitative estimate of drug-likeness (QED) is 0.338. The number of hydrogen-bond acceptors (Lipinski definition) is 3. The minimum Gasteiger partial charge on any atom is -0.409 e. The van der Waals surface area contributed by atoms with Crippen LogP contribution in [0.15, 0.2) is 29.4 Å². The topological polar surface area (TPSA) is 91.0 Å². The molecule has 1 saturated heterocycles. The van der Waals surface area contributed by atoms with Crippen LogP contribution < -0.4 is 11.1 Å². The normalized spacial score (nSPS) is 16.0. The van der Waals surface area contributed by atoms with Gasteiger partial charge < -0.3 is 21.2 Å². The molecule has 1 fully saturated rings. The van der Waals surface area contributed by atoms with Gasteiger partial charge in [-0.15, -0.1) is 0 Å². The van der Waals surface area contributed by atoms with Crippen molar-refractivity contribution in [1.82, 2.24) is 10.2 Å². The van der Waals surface area contributed by atoms with Gasteiger partial charge in [-0.05, 0) is 24.8 Å². The van der Waals surface area contributed by atoms with Crippen LogP contribution in [0.2, 0.25) is 0 Å². The van der Waals surface area contributed by atoms with Crippen molar-refractivity contribution in [2.24, 2.45) is 10.9 Å². The van der Waals surface area contributed by atoms with Crippen LogP contribution in [0.1, 0.15) is 30.4 Å². The monoisotopic (exact) mass is 276 g/mol. The van der Waals surface area contributed by atoms with Gasteiger partial charge in [-0.3, -0.25) is 0 Å². The Hall–Kier alpha value is -2.24. The Morgan fingerprint density at radius 1 is 1.25 bits per heavy atom. The van der Waals surface area contributed by atoms with E-state index < -0.39 is 0 Å². The number of benzene rings is 1. The van der Waals surface area contributed by atoms with Crippen molar-refractivity contribution in [3.05, 3.63) is 35.4 Å². The lowest BCUT2D eigenvalue weighted by atomic mass is 10.1. The number of carbonyl (C=O) groups excluding carboxylic acids is 1. The second-order valence-corrected chi connectivity index (χ2v) is 4.89. The number of amides is 2. The van der Waals surface area contributed by atoms with Crippen molar-refractivity contribution < 1.29 is 10.0 Å². The van der Waals surface area contributed by atoms with Crippen LogP contribution in [0.4, 0.5) is 4.79 Å². The van der Waals surface area contributed by atoms with Crippen LogP contribution in [-0.4, -0.2) is 35.1 Å². The number of rotatable bonds is 3. The van der Waals surface area contributed by atoms with Crippen LogP contribution in [0.3, 0.4) is 0 Å². The highest BCUT2D eigenvalue weighted by molar-refractivity contribution is 5.96. The maximum Gasteiger partial charge on any atom is 0.317 e. The Morgan fingerprint density at radius 3 is 2.50 bits per heavy atom. The van der Waals surface area contributed by atoms with Crippen LogP contribution in [0.5, 0.6) is 0 Å². The van der Waals surface area contributed by atoms with Gasteiger partial charge in [0.2, 0.25) is 0 Å². The fourth-order valence-corrected chi connectivity index (χ4v) is 2.24. The Morgan fingerprint density at radius 2 is 1.90 bits per heavy atom. The summed E-state index contributed by atoms with van der Waals surface area (Å²) in [5.41, 5.74) is 7.12. The lowest BCUT2D eigenvalue weighted by Gasteiger charge is -2.26. The summed E-state index contributed by atoms with van der Waals surface area (Å²) in [6.45, 7) is 2.16. The number of likely N-dealkylation sites (tertiary alicyclic amines) is 1. The highest BCUT2D eigenvalue weighted by Crippen LogP contribution is 2.09. The highest BCUT2D eigenvalue weighted by Gasteiger charge is 2.15. The molecule has 1 aliphatic rings. The molecule has 20 heavy (non-hydrogen) atoms. The van der Waals surface area contributed by atoms with Crippen molar-refractivity contribution in [3.8, 4) is 0 Å². The first-order chi connectivity index (χ1) is 9.70. The van der Waals surface area contributed by atoms with E-state index in [9.17, 15) is 4.79 Å². The van der Waals surface area contributed by atoms with Gasteiger partial charge in [-0.1, -0.05) is 29.4 Å². The van der Waals surface area contributed by atoms with Crippen LogP contribution in [0.25, 0.3) is 0 Å². The summed E-state index contributed by atoms with van der Waals surface area (Å²) in [6, 6.07) is 7.22. The molecule has 0 aromatic heterocycles. The van der Waals surface area contributed by atoms with Crippen LogP contribution in [-0.2, 0) is 6.54 Å². The van der Waals surface area contributed by atoms with Crippen molar-refractivity contribution in [2.75, 3.05) is 13.1 Å². The molecule has 1 heterocycles. The van der Waals surface area contributed by atoms with Gasteiger partial charge in [-0.25, -0.2) is 4.79 Å². The average Bonchev–Trinajstić information content (AvgIpc) is 2.53. The standard InChI is InChI=1S/C14H20N4O2/c15-13(17-20)12-6-4-11(5-7-12)10-16-14(19)18-8-2-1-3-9-18/h4-7,20H,1-3,8-10H2,(H2,15,17)(H,16,19). The number of hydrogen-bond donors (Lipinski definition) is 3. The van der Waals surface area contributed by atoms with Gasteiger partial charge in [0.1, 0.15) is 0 Å². The molecule has 0 spiro atoms. The molecule has 0 atom stereocenters. The summed E-state index contributed by atoms with van der Waals surface area (Å²) in [7, 11) is 0. The SMILES string of the molecule is NC(=NO)c1ccc(CNC(=O)N2CCCCC2)cc1. The van der Waals surface area contributed by atoms with Crippen molar-refractivity contribution >= 4 is 11.9 Å². The van der Waals surface area contributed by atoms with Gasteiger partial charge in [0, 0.05) is 25.2 Å². The Kier molecular flexibility index (Phi) is 4.81. The van der Waals surface area contributed by atoms with Gasteiger partial charge in [0.05, 0.1) is 0 Å². The molecule has 0 radical (unpaired) electrons. The first-order valence-electron chi connectivity index (χ1n) is 6.80. The smallest absolute Gasteiger partial charge is 0.317 e. The first-order valence-corrected chi connectivity index (χ1v) is 6.80. The highest BCUT2D eigenvalue weighted by atomic mass is 16.4. The lowest BCUT2D eigenvalue weighted by Crippen LogP contribution is -2.42. The third kappa shape index (κ3) is 3.63. The first kappa shape index (κ1) is 14.2. The second-order valence-electron chi connectivity index (χ2n) is 4.89. The van der Waals surface area contributed by atoms with Gasteiger partial charge >= 0.3 is 6.03 Å². The zero-order valence-corrected chi connectivity index (χ0v) is 11.4. The number of nitrogens with zero attached hydrogens (tertiary/aromatic N) is 2. The summed E-state index contributed by atoms with van der Waals surface area (Å²) < 4.78 is 0. The molecule has 0 unspecified atom stereocenters. The number of carbonyl (C=O) groups is 1. The number of urea groups is 1. The maximum atomic E-state index is 11.9. The van der Waals surface area contributed by atoms with Gasteiger partial charge in [-0.2, -0.15) is 0 Å². The van der Waals surface area contributed by atoms with E-state index in [1.54, 1.807) is 12.1 Å². The molecule has 108 valence electrons. The molecule has 1 aliphatic heterocycles. The number of oxime groups is 1. The fraction of sp³-hybridized carbons (Fsp3) is 0.429. The lowest BCUT2D eigenvalue weighted by molar-refractivity contribution is 0.186. The molecule has 0 saturated carbocycles. The predicted molar refractivity (Wildman–Crippen MR) is 76.6 cm³/mol. The molecule has 1 aromatic rings. The Labute approximate surface area is 118 Å². The van der Waals surface area contributed by atoms with Gasteiger partial charge in [0.15, 0.2) is 5.84 Å². The average molecular weight is 276 g/mol. The molecule has 2 amide bonds. The molecular formula is C14H20N4O2. The van der Waals surface area contributed by atoms with Gasteiger partial charge in [0.25, 0.3) is 0 Å². The Balaban J connectivity index is 1.85. The third-order valence-electron chi connectivity index (χ3n) is 3.44. The predicted octanol–water partition coefficient (Wildman–Crippen LogP) is 1.48. The van der Waals surface area contributed by atoms with Crippen molar-refractivity contribution in [1.29, 1.82) is 0 Å². The molecular weight excluding hydrogens is 256 g/mol. The molecule has 4 N–H and O–H groups in total. The number of nitrogens with one attached hydrogen (secondary N) is 1.